The maximum Gasteiger partial charge on any atom is 0.328 e. The topological polar surface area (TPSA) is 77.8 Å². The minimum absolute atomic E-state index is 0.182. The summed E-state index contributed by atoms with van der Waals surface area (Å²) in [4.78, 5) is 23.3. The second kappa shape index (κ2) is 12.0. The number of benzene rings is 2. The fraction of sp³-hybridized carbons (Fsp3) is 0.273. The van der Waals surface area contributed by atoms with Crippen LogP contribution in [0.2, 0.25) is 0 Å². The molecule has 0 amide bonds. The second-order valence-corrected chi connectivity index (χ2v) is 7.94. The van der Waals surface area contributed by atoms with Gasteiger partial charge in [0, 0.05) is 28.5 Å². The highest BCUT2D eigenvalue weighted by molar-refractivity contribution is 7.99. The van der Waals surface area contributed by atoms with Crippen molar-refractivity contribution in [3.05, 3.63) is 71.6 Å². The molecular weight excluding hydrogens is 393 g/mol. The van der Waals surface area contributed by atoms with Gasteiger partial charge in [-0.2, -0.15) is 0 Å². The van der Waals surface area contributed by atoms with Crippen LogP contribution in [-0.4, -0.2) is 41.1 Å². The van der Waals surface area contributed by atoms with E-state index in [1.165, 1.54) is 11.6 Å². The van der Waals surface area contributed by atoms with E-state index < -0.39 is 11.9 Å². The molecule has 2 aromatic carbocycles. The first-order chi connectivity index (χ1) is 13.6. The maximum absolute atomic E-state index is 13.5. The number of rotatable bonds is 7. The second-order valence-electron chi connectivity index (χ2n) is 6.83. The van der Waals surface area contributed by atoms with Crippen molar-refractivity contribution in [2.75, 3.05) is 14.1 Å². The molecule has 0 saturated heterocycles. The third-order valence-corrected chi connectivity index (χ3v) is 4.77. The van der Waals surface area contributed by atoms with E-state index in [1.54, 1.807) is 17.8 Å². The van der Waals surface area contributed by atoms with Crippen LogP contribution in [0.4, 0.5) is 4.39 Å². The maximum atomic E-state index is 13.5. The van der Waals surface area contributed by atoms with Crippen LogP contribution in [0.5, 0.6) is 0 Å². The average molecular weight is 420 g/mol. The summed E-state index contributed by atoms with van der Waals surface area (Å²) in [5.41, 5.74) is 2.48. The Morgan fingerprint density at radius 3 is 2.03 bits per heavy atom. The van der Waals surface area contributed by atoms with Gasteiger partial charge >= 0.3 is 11.9 Å². The fourth-order valence-electron chi connectivity index (χ4n) is 2.29. The standard InChI is InChI=1S/C18H22FNS.C4H4O4/c1-13(2)14-6-9-17(10-7-14)21-18-11-16(19)8-5-15(18)12-20(3)4;5-3(6)1-2-4(7)8/h5-11,13H,12H2,1-4H3;1-2H,(H,5,6)(H,7,8). The molecule has 0 aliphatic rings. The van der Waals surface area contributed by atoms with E-state index in [4.69, 9.17) is 10.2 Å². The van der Waals surface area contributed by atoms with Crippen molar-refractivity contribution in [1.29, 1.82) is 0 Å². The lowest BCUT2D eigenvalue weighted by Gasteiger charge is -2.14. The van der Waals surface area contributed by atoms with Crippen LogP contribution in [0.25, 0.3) is 0 Å². The Labute approximate surface area is 174 Å². The molecule has 0 spiro atoms. The predicted molar refractivity (Wildman–Crippen MR) is 113 cm³/mol. The third kappa shape index (κ3) is 9.91. The van der Waals surface area contributed by atoms with Gasteiger partial charge in [-0.05, 0) is 55.4 Å². The normalized spacial score (nSPS) is 10.9. The number of hydrogen-bond donors (Lipinski definition) is 2. The Balaban J connectivity index is 0.000000447. The summed E-state index contributed by atoms with van der Waals surface area (Å²) >= 11 is 1.62. The molecule has 2 N–H and O–H groups in total. The molecule has 0 fully saturated rings. The zero-order valence-electron chi connectivity index (χ0n) is 16.9. The zero-order chi connectivity index (χ0) is 22.0. The highest BCUT2D eigenvalue weighted by atomic mass is 32.2. The van der Waals surface area contributed by atoms with Crippen molar-refractivity contribution in [3.8, 4) is 0 Å². The molecule has 0 aliphatic heterocycles. The van der Waals surface area contributed by atoms with Crippen LogP contribution in [0.3, 0.4) is 0 Å². The van der Waals surface area contributed by atoms with Crippen molar-refractivity contribution in [3.63, 3.8) is 0 Å². The molecule has 156 valence electrons. The van der Waals surface area contributed by atoms with Crippen molar-refractivity contribution in [2.24, 2.45) is 0 Å². The molecule has 7 heteroatoms. The smallest absolute Gasteiger partial charge is 0.328 e. The van der Waals surface area contributed by atoms with Crippen LogP contribution < -0.4 is 0 Å². The lowest BCUT2D eigenvalue weighted by molar-refractivity contribution is -0.134. The first-order valence-electron chi connectivity index (χ1n) is 8.93. The molecule has 0 saturated carbocycles. The molecule has 5 nitrogen and oxygen atoms in total. The van der Waals surface area contributed by atoms with Crippen LogP contribution >= 0.6 is 11.8 Å². The summed E-state index contributed by atoms with van der Waals surface area (Å²) in [6, 6.07) is 13.6. The van der Waals surface area contributed by atoms with E-state index in [0.29, 0.717) is 18.1 Å². The summed E-state index contributed by atoms with van der Waals surface area (Å²) < 4.78 is 13.5. The van der Waals surface area contributed by atoms with E-state index in [-0.39, 0.29) is 5.82 Å². The minimum Gasteiger partial charge on any atom is -0.478 e. The first kappa shape index (κ1) is 24.4. The van der Waals surface area contributed by atoms with Gasteiger partial charge in [-0.25, -0.2) is 14.0 Å². The van der Waals surface area contributed by atoms with Crippen LogP contribution in [-0.2, 0) is 16.1 Å². The summed E-state index contributed by atoms with van der Waals surface area (Å²) in [7, 11) is 4.05. The van der Waals surface area contributed by atoms with E-state index in [0.717, 1.165) is 21.9 Å². The van der Waals surface area contributed by atoms with Gasteiger partial charge in [-0.3, -0.25) is 0 Å². The van der Waals surface area contributed by atoms with Gasteiger partial charge in [-0.1, -0.05) is 43.8 Å². The molecular formula is C22H26FNO4S. The molecule has 2 rings (SSSR count). The van der Waals surface area contributed by atoms with E-state index in [9.17, 15) is 14.0 Å². The largest absolute Gasteiger partial charge is 0.478 e. The fourth-order valence-corrected chi connectivity index (χ4v) is 3.25. The van der Waals surface area contributed by atoms with Gasteiger partial charge in [0.2, 0.25) is 0 Å². The zero-order valence-corrected chi connectivity index (χ0v) is 17.7. The number of aliphatic carboxylic acids is 2. The molecule has 0 aromatic heterocycles. The number of carboxylic acid groups (broad SMARTS) is 2. The van der Waals surface area contributed by atoms with E-state index in [1.807, 2.05) is 20.2 Å². The van der Waals surface area contributed by atoms with Crippen LogP contribution in [0.15, 0.2) is 64.4 Å². The first-order valence-corrected chi connectivity index (χ1v) is 9.75. The summed E-state index contributed by atoms with van der Waals surface area (Å²) in [5.74, 6) is -2.17. The Morgan fingerprint density at radius 1 is 1.03 bits per heavy atom. The average Bonchev–Trinajstić information content (AvgIpc) is 2.63. The van der Waals surface area contributed by atoms with Gasteiger partial charge in [0.25, 0.3) is 0 Å². The number of hydrogen-bond acceptors (Lipinski definition) is 4. The van der Waals surface area contributed by atoms with E-state index in [2.05, 4.69) is 43.0 Å². The molecule has 0 radical (unpaired) electrons. The Kier molecular flexibility index (Phi) is 10.1. The van der Waals surface area contributed by atoms with Gasteiger partial charge in [0.05, 0.1) is 0 Å². The quantitative estimate of drug-likeness (QED) is 0.623. The Morgan fingerprint density at radius 2 is 1.59 bits per heavy atom. The van der Waals surface area contributed by atoms with Crippen LogP contribution in [0.1, 0.15) is 30.9 Å². The van der Waals surface area contributed by atoms with Crippen molar-refractivity contribution in [1.82, 2.24) is 4.90 Å². The molecule has 0 aliphatic carbocycles. The number of carboxylic acids is 2. The van der Waals surface area contributed by atoms with Gasteiger partial charge in [0.1, 0.15) is 5.82 Å². The molecule has 0 bridgehead atoms. The van der Waals surface area contributed by atoms with Gasteiger partial charge in [0.15, 0.2) is 0 Å². The lowest BCUT2D eigenvalue weighted by atomic mass is 10.0. The van der Waals surface area contributed by atoms with Crippen LogP contribution in [0, 0.1) is 5.82 Å². The van der Waals surface area contributed by atoms with Crippen molar-refractivity contribution in [2.45, 2.75) is 36.1 Å². The summed E-state index contributed by atoms with van der Waals surface area (Å²) in [5, 5.41) is 15.6. The summed E-state index contributed by atoms with van der Waals surface area (Å²) in [6.07, 6.45) is 1.12. The Bertz CT molecular complexity index is 832. The molecule has 2 aromatic rings. The highest BCUT2D eigenvalue weighted by Gasteiger charge is 2.08. The molecule has 0 unspecified atom stereocenters. The molecule has 29 heavy (non-hydrogen) atoms. The monoisotopic (exact) mass is 419 g/mol. The Hall–Kier alpha value is -2.64. The highest BCUT2D eigenvalue weighted by Crippen LogP contribution is 2.32. The van der Waals surface area contributed by atoms with Gasteiger partial charge < -0.3 is 15.1 Å². The van der Waals surface area contributed by atoms with Crippen molar-refractivity contribution >= 4 is 23.7 Å². The third-order valence-electron chi connectivity index (χ3n) is 3.66. The molecule has 0 heterocycles. The van der Waals surface area contributed by atoms with Gasteiger partial charge in [-0.15, -0.1) is 0 Å². The van der Waals surface area contributed by atoms with Crippen molar-refractivity contribution < 1.29 is 24.2 Å². The SMILES string of the molecule is CC(C)c1ccc(Sc2cc(F)ccc2CN(C)C)cc1.O=C(O)C=CC(=O)O. The predicted octanol–water partition coefficient (Wildman–Crippen LogP) is 4.87. The molecule has 0 atom stereocenters. The lowest BCUT2D eigenvalue weighted by Crippen LogP contribution is -2.11. The number of nitrogens with zero attached hydrogens (tertiary/aromatic N) is 1. The van der Waals surface area contributed by atoms with E-state index >= 15 is 0 Å². The minimum atomic E-state index is -1.26. The number of halogens is 1. The number of carbonyl (C=O) groups is 2. The summed E-state index contributed by atoms with van der Waals surface area (Å²) in [6.45, 7) is 5.18.